The summed E-state index contributed by atoms with van der Waals surface area (Å²) in [6, 6.07) is 16.3. The first-order valence-electron chi connectivity index (χ1n) is 11.5. The van der Waals surface area contributed by atoms with Crippen LogP contribution in [-0.2, 0) is 6.42 Å². The molecule has 0 atom stereocenters. The van der Waals surface area contributed by atoms with Crippen LogP contribution in [0.25, 0.3) is 0 Å². The number of ketones is 1. The van der Waals surface area contributed by atoms with Gasteiger partial charge in [0.2, 0.25) is 5.95 Å². The molecule has 7 nitrogen and oxygen atoms in total. The van der Waals surface area contributed by atoms with Gasteiger partial charge in [-0.25, -0.2) is 4.98 Å². The third kappa shape index (κ3) is 4.35. The van der Waals surface area contributed by atoms with Gasteiger partial charge in [-0.2, -0.15) is 4.98 Å². The third-order valence-electron chi connectivity index (χ3n) is 6.37. The molecule has 0 unspecified atom stereocenters. The van der Waals surface area contributed by atoms with Crippen molar-refractivity contribution < 1.29 is 9.53 Å². The number of nitrogens with one attached hydrogen (secondary N) is 1. The smallest absolute Gasteiger partial charge is 0.227 e. The van der Waals surface area contributed by atoms with Crippen LogP contribution in [0.15, 0.2) is 48.5 Å². The maximum Gasteiger partial charge on any atom is 0.227 e. The molecule has 0 radical (unpaired) electrons. The lowest BCUT2D eigenvalue weighted by atomic mass is 9.95. The first-order valence-corrected chi connectivity index (χ1v) is 11.5. The van der Waals surface area contributed by atoms with Gasteiger partial charge in [-0.3, -0.25) is 4.79 Å². The zero-order valence-corrected chi connectivity index (χ0v) is 19.2. The molecule has 2 aliphatic rings. The maximum atomic E-state index is 12.7. The van der Waals surface area contributed by atoms with Gasteiger partial charge in [-0.05, 0) is 44.0 Å². The quantitative estimate of drug-likeness (QED) is 0.627. The van der Waals surface area contributed by atoms with Crippen LogP contribution in [0.4, 0.5) is 23.1 Å². The molecule has 0 bridgehead atoms. The van der Waals surface area contributed by atoms with Crippen LogP contribution in [0.5, 0.6) is 5.75 Å². The van der Waals surface area contributed by atoms with Crippen molar-refractivity contribution in [3.63, 3.8) is 0 Å². The van der Waals surface area contributed by atoms with E-state index in [1.165, 1.54) is 5.56 Å². The van der Waals surface area contributed by atoms with Crippen molar-refractivity contribution in [2.75, 3.05) is 48.4 Å². The van der Waals surface area contributed by atoms with Gasteiger partial charge >= 0.3 is 0 Å². The van der Waals surface area contributed by atoms with Gasteiger partial charge in [-0.15, -0.1) is 0 Å². The minimum absolute atomic E-state index is 0.124. The molecule has 1 N–H and O–H groups in total. The number of piperazine rings is 1. The summed E-state index contributed by atoms with van der Waals surface area (Å²) in [6.07, 6.45) is 2.20. The second-order valence-corrected chi connectivity index (χ2v) is 8.61. The highest BCUT2D eigenvalue weighted by Crippen LogP contribution is 2.32. The lowest BCUT2D eigenvalue weighted by Crippen LogP contribution is -2.47. The number of nitrogens with zero attached hydrogens (tertiary/aromatic N) is 4. The Bertz CT molecular complexity index is 1150. The molecule has 1 aromatic heterocycles. The molecule has 33 heavy (non-hydrogen) atoms. The highest BCUT2D eigenvalue weighted by Gasteiger charge is 2.28. The molecular formula is C26H29N5O2. The lowest BCUT2D eigenvalue weighted by molar-refractivity contribution is 0.0972. The zero-order chi connectivity index (χ0) is 22.8. The maximum absolute atomic E-state index is 12.7. The van der Waals surface area contributed by atoms with E-state index in [0.717, 1.165) is 61.8 Å². The van der Waals surface area contributed by atoms with Crippen LogP contribution in [0.1, 0.15) is 34.5 Å². The molecule has 7 heteroatoms. The number of benzene rings is 2. The van der Waals surface area contributed by atoms with Gasteiger partial charge in [0.1, 0.15) is 11.6 Å². The molecule has 0 spiro atoms. The number of Topliss-reactive ketones (excluding diaryl/α,β-unsaturated/α-hetero) is 1. The second kappa shape index (κ2) is 9.10. The van der Waals surface area contributed by atoms with E-state index >= 15 is 0 Å². The summed E-state index contributed by atoms with van der Waals surface area (Å²) in [6.45, 7) is 5.35. The standard InChI is InChI=1S/C26H29N5O2/c1-18-10-12-19(13-11-18)27-25-24-20(6-5-8-22(24)32)28-26(29-25)31-16-14-30(15-17-31)21-7-3-4-9-23(21)33-2/h3-4,7,9-13H,5-6,8,14-17H2,1-2H3,(H,27,28,29). The number of rotatable bonds is 5. The number of carbonyl (C=O) groups is 1. The Morgan fingerprint density at radius 3 is 2.39 bits per heavy atom. The third-order valence-corrected chi connectivity index (χ3v) is 6.37. The van der Waals surface area contributed by atoms with Gasteiger partial charge in [0, 0.05) is 38.3 Å². The Labute approximate surface area is 194 Å². The summed E-state index contributed by atoms with van der Waals surface area (Å²) in [4.78, 5) is 27.0. The number of para-hydroxylation sites is 2. The van der Waals surface area contributed by atoms with E-state index in [0.29, 0.717) is 23.8 Å². The fraction of sp³-hybridized carbons (Fsp3) is 0.346. The van der Waals surface area contributed by atoms with Gasteiger partial charge in [0.15, 0.2) is 5.78 Å². The van der Waals surface area contributed by atoms with Crippen molar-refractivity contribution in [1.82, 2.24) is 9.97 Å². The number of carbonyl (C=O) groups excluding carboxylic acids is 1. The van der Waals surface area contributed by atoms with Gasteiger partial charge < -0.3 is 19.9 Å². The molecule has 1 aliphatic heterocycles. The number of aromatic nitrogens is 2. The van der Waals surface area contributed by atoms with E-state index in [1.54, 1.807) is 7.11 Å². The van der Waals surface area contributed by atoms with E-state index in [4.69, 9.17) is 14.7 Å². The van der Waals surface area contributed by atoms with Crippen LogP contribution in [0.2, 0.25) is 0 Å². The zero-order valence-electron chi connectivity index (χ0n) is 19.2. The molecule has 1 fully saturated rings. The van der Waals surface area contributed by atoms with Gasteiger partial charge in [0.25, 0.3) is 0 Å². The van der Waals surface area contributed by atoms with E-state index in [9.17, 15) is 4.79 Å². The van der Waals surface area contributed by atoms with Crippen LogP contribution in [0.3, 0.4) is 0 Å². The summed E-state index contributed by atoms with van der Waals surface area (Å²) in [5, 5.41) is 3.39. The molecule has 1 aliphatic carbocycles. The summed E-state index contributed by atoms with van der Waals surface area (Å²) >= 11 is 0. The summed E-state index contributed by atoms with van der Waals surface area (Å²) in [5.74, 6) is 2.32. The number of hydrogen-bond acceptors (Lipinski definition) is 7. The van der Waals surface area contributed by atoms with Crippen molar-refractivity contribution in [2.45, 2.75) is 26.2 Å². The Morgan fingerprint density at radius 1 is 0.909 bits per heavy atom. The molecule has 1 saturated heterocycles. The highest BCUT2D eigenvalue weighted by atomic mass is 16.5. The predicted octanol–water partition coefficient (Wildman–Crippen LogP) is 4.38. The monoisotopic (exact) mass is 443 g/mol. The van der Waals surface area contributed by atoms with Crippen LogP contribution in [0, 0.1) is 6.92 Å². The Hall–Kier alpha value is -3.61. The topological polar surface area (TPSA) is 70.6 Å². The Kier molecular flexibility index (Phi) is 5.86. The number of fused-ring (bicyclic) bond motifs is 1. The van der Waals surface area contributed by atoms with Crippen LogP contribution >= 0.6 is 0 Å². The average molecular weight is 444 g/mol. The normalized spacial score (nSPS) is 15.9. The minimum atomic E-state index is 0.124. The average Bonchev–Trinajstić information content (AvgIpc) is 2.85. The van der Waals surface area contributed by atoms with E-state index in [2.05, 4.69) is 40.2 Å². The number of methoxy groups -OCH3 is 1. The van der Waals surface area contributed by atoms with Crippen molar-refractivity contribution in [3.8, 4) is 5.75 Å². The molecular weight excluding hydrogens is 414 g/mol. The first kappa shape index (κ1) is 21.2. The Morgan fingerprint density at radius 2 is 1.64 bits per heavy atom. The molecule has 0 amide bonds. The van der Waals surface area contributed by atoms with Gasteiger partial charge in [0.05, 0.1) is 24.1 Å². The Balaban J connectivity index is 1.40. The predicted molar refractivity (Wildman–Crippen MR) is 131 cm³/mol. The SMILES string of the molecule is COc1ccccc1N1CCN(c2nc3c(c(Nc4ccc(C)cc4)n2)C(=O)CCC3)CC1. The number of hydrogen-bond donors (Lipinski definition) is 1. The summed E-state index contributed by atoms with van der Waals surface area (Å²) in [5.41, 5.74) is 4.73. The van der Waals surface area contributed by atoms with Crippen molar-refractivity contribution in [1.29, 1.82) is 0 Å². The van der Waals surface area contributed by atoms with E-state index < -0.39 is 0 Å². The number of aryl methyl sites for hydroxylation is 2. The molecule has 2 aromatic carbocycles. The summed E-state index contributed by atoms with van der Waals surface area (Å²) in [7, 11) is 1.71. The van der Waals surface area contributed by atoms with Gasteiger partial charge in [-0.1, -0.05) is 29.8 Å². The number of anilines is 4. The molecule has 2 heterocycles. The van der Waals surface area contributed by atoms with E-state index in [1.807, 2.05) is 30.3 Å². The fourth-order valence-electron chi connectivity index (χ4n) is 4.55. The van der Waals surface area contributed by atoms with Crippen molar-refractivity contribution in [3.05, 3.63) is 65.4 Å². The highest BCUT2D eigenvalue weighted by molar-refractivity contribution is 6.03. The van der Waals surface area contributed by atoms with Crippen molar-refractivity contribution in [2.24, 2.45) is 0 Å². The number of ether oxygens (including phenoxy) is 1. The molecule has 5 rings (SSSR count). The minimum Gasteiger partial charge on any atom is -0.495 e. The fourth-order valence-corrected chi connectivity index (χ4v) is 4.55. The van der Waals surface area contributed by atoms with Crippen LogP contribution in [-0.4, -0.2) is 49.0 Å². The largest absolute Gasteiger partial charge is 0.495 e. The van der Waals surface area contributed by atoms with Crippen LogP contribution < -0.4 is 19.9 Å². The molecule has 3 aromatic rings. The first-order chi connectivity index (χ1) is 16.1. The molecule has 0 saturated carbocycles. The van der Waals surface area contributed by atoms with E-state index in [-0.39, 0.29) is 5.78 Å². The van der Waals surface area contributed by atoms with Crippen molar-refractivity contribution >= 4 is 28.9 Å². The molecule has 170 valence electrons. The lowest BCUT2D eigenvalue weighted by Gasteiger charge is -2.37. The second-order valence-electron chi connectivity index (χ2n) is 8.61. The summed E-state index contributed by atoms with van der Waals surface area (Å²) < 4.78 is 5.54.